The molecule has 1 unspecified atom stereocenters. The number of primary amides is 1. The number of benzene rings is 4. The van der Waals surface area contributed by atoms with Gasteiger partial charge in [-0.15, -0.1) is 0 Å². The molecule has 0 aliphatic rings. The minimum atomic E-state index is -0.999. The second kappa shape index (κ2) is 8.08. The lowest BCUT2D eigenvalue weighted by Crippen LogP contribution is -2.18. The van der Waals surface area contributed by atoms with Gasteiger partial charge in [0, 0.05) is 10.5 Å². The molecule has 6 heteroatoms. The number of amides is 1. The summed E-state index contributed by atoms with van der Waals surface area (Å²) in [7, 11) is 0. The fourth-order valence-corrected chi connectivity index (χ4v) is 4.75. The van der Waals surface area contributed by atoms with Crippen molar-refractivity contribution in [2.75, 3.05) is 0 Å². The molecule has 0 saturated carbocycles. The van der Waals surface area contributed by atoms with E-state index in [2.05, 4.69) is 0 Å². The molecule has 150 valence electrons. The van der Waals surface area contributed by atoms with E-state index < -0.39 is 17.5 Å². The Kier molecular flexibility index (Phi) is 5.33. The van der Waals surface area contributed by atoms with Crippen molar-refractivity contribution in [2.45, 2.75) is 17.3 Å². The van der Waals surface area contributed by atoms with Gasteiger partial charge in [0.1, 0.15) is 0 Å². The van der Waals surface area contributed by atoms with Crippen LogP contribution in [0.1, 0.15) is 17.3 Å². The summed E-state index contributed by atoms with van der Waals surface area (Å²) in [6.07, 6.45) is -0.854. The number of ether oxygens (including phenoxy) is 1. The number of hydrogen-bond acceptors (Lipinski definition) is 4. The van der Waals surface area contributed by atoms with Crippen LogP contribution in [0.2, 0.25) is 0 Å². The predicted octanol–water partition coefficient (Wildman–Crippen LogP) is 5.89. The van der Waals surface area contributed by atoms with Gasteiger partial charge in [-0.3, -0.25) is 0 Å². The first kappa shape index (κ1) is 19.8. The lowest BCUT2D eigenvalue weighted by molar-refractivity contribution is 0.0697. The van der Waals surface area contributed by atoms with Gasteiger partial charge in [-0.25, -0.2) is 9.59 Å². The number of nitrogens with two attached hydrogens (primary N) is 1. The lowest BCUT2D eigenvalue weighted by atomic mass is 9.92. The van der Waals surface area contributed by atoms with Crippen molar-refractivity contribution in [3.05, 3.63) is 78.4 Å². The maximum Gasteiger partial charge on any atom is 0.405 e. The number of carbonyl (C=O) groups excluding carboxylic acids is 1. The van der Waals surface area contributed by atoms with E-state index in [4.69, 9.17) is 10.5 Å². The van der Waals surface area contributed by atoms with Crippen LogP contribution in [0.3, 0.4) is 0 Å². The third-order valence-electron chi connectivity index (χ3n) is 4.87. The molecule has 1 atom stereocenters. The number of carboxylic acid groups (broad SMARTS) is 1. The van der Waals surface area contributed by atoms with E-state index >= 15 is 0 Å². The van der Waals surface area contributed by atoms with Crippen LogP contribution in [0.25, 0.3) is 32.7 Å². The molecule has 5 nitrogen and oxygen atoms in total. The summed E-state index contributed by atoms with van der Waals surface area (Å²) >= 11 is 1.34. The number of fused-ring (bicyclic) bond motifs is 2. The molecule has 0 aliphatic carbocycles. The Bertz CT molecular complexity index is 1280. The Hall–Kier alpha value is -3.51. The van der Waals surface area contributed by atoms with Crippen molar-refractivity contribution in [3.63, 3.8) is 0 Å². The van der Waals surface area contributed by atoms with Gasteiger partial charge in [-0.1, -0.05) is 78.5 Å². The number of carboxylic acids is 1. The van der Waals surface area contributed by atoms with Crippen molar-refractivity contribution in [2.24, 2.45) is 5.73 Å². The van der Waals surface area contributed by atoms with E-state index in [1.54, 1.807) is 13.0 Å². The topological polar surface area (TPSA) is 89.6 Å². The third-order valence-corrected chi connectivity index (χ3v) is 5.98. The molecule has 4 rings (SSSR count). The summed E-state index contributed by atoms with van der Waals surface area (Å²) in [6.45, 7) is 1.74. The van der Waals surface area contributed by atoms with Gasteiger partial charge in [0.2, 0.25) is 0 Å². The summed E-state index contributed by atoms with van der Waals surface area (Å²) in [6, 6.07) is 22.9. The summed E-state index contributed by atoms with van der Waals surface area (Å²) in [5, 5.41) is 13.6. The average Bonchev–Trinajstić information content (AvgIpc) is 2.72. The fraction of sp³-hybridized carbons (Fsp3) is 0.0833. The third kappa shape index (κ3) is 3.69. The molecule has 4 aromatic carbocycles. The highest BCUT2D eigenvalue weighted by Gasteiger charge is 2.21. The second-order valence-corrected chi connectivity index (χ2v) is 8.11. The standard InChI is InChI=1S/C24H19NO4S/c1-14(29-24(25)28)30-22-18-9-5-3-7-16(18)10-12-19(22)21-17-8-4-2-6-15(17)11-13-20(21)23(26)27/h2-14H,1H3,(H2,25,28)(H,26,27). The fourth-order valence-electron chi connectivity index (χ4n) is 3.66. The highest BCUT2D eigenvalue weighted by atomic mass is 32.2. The SMILES string of the molecule is CC(OC(N)=O)Sc1c(-c2c(C(=O)O)ccc3ccccc23)ccc2ccccc12. The van der Waals surface area contributed by atoms with Gasteiger partial charge in [-0.2, -0.15) is 0 Å². The van der Waals surface area contributed by atoms with E-state index in [-0.39, 0.29) is 5.56 Å². The van der Waals surface area contributed by atoms with Crippen LogP contribution in [0.15, 0.2) is 77.7 Å². The molecule has 3 N–H and O–H groups in total. The Labute approximate surface area is 177 Å². The lowest BCUT2D eigenvalue weighted by Gasteiger charge is -2.19. The number of carbonyl (C=O) groups is 2. The van der Waals surface area contributed by atoms with Crippen molar-refractivity contribution in [1.29, 1.82) is 0 Å². The van der Waals surface area contributed by atoms with Crippen LogP contribution in [-0.2, 0) is 4.74 Å². The van der Waals surface area contributed by atoms with Gasteiger partial charge in [0.05, 0.1) is 5.56 Å². The number of aromatic carboxylic acids is 1. The monoisotopic (exact) mass is 417 g/mol. The molecule has 0 fully saturated rings. The Morgan fingerprint density at radius 2 is 1.50 bits per heavy atom. The molecule has 30 heavy (non-hydrogen) atoms. The molecule has 4 aromatic rings. The normalized spacial score (nSPS) is 12.0. The Morgan fingerprint density at radius 3 is 2.17 bits per heavy atom. The van der Waals surface area contributed by atoms with Crippen molar-refractivity contribution < 1.29 is 19.4 Å². The quantitative estimate of drug-likeness (QED) is 0.312. The zero-order valence-corrected chi connectivity index (χ0v) is 17.0. The Morgan fingerprint density at radius 1 is 0.900 bits per heavy atom. The maximum atomic E-state index is 12.1. The molecule has 0 aliphatic heterocycles. The highest BCUT2D eigenvalue weighted by molar-refractivity contribution is 8.00. The maximum absolute atomic E-state index is 12.1. The highest BCUT2D eigenvalue weighted by Crippen LogP contribution is 2.43. The van der Waals surface area contributed by atoms with Gasteiger partial charge in [0.25, 0.3) is 0 Å². The smallest absolute Gasteiger partial charge is 0.405 e. The minimum Gasteiger partial charge on any atom is -0.478 e. The molecule has 0 bridgehead atoms. The number of hydrogen-bond donors (Lipinski definition) is 2. The molecule has 0 heterocycles. The van der Waals surface area contributed by atoms with E-state index in [0.29, 0.717) is 5.56 Å². The van der Waals surface area contributed by atoms with Crippen molar-refractivity contribution in [3.8, 4) is 11.1 Å². The molecule has 0 radical (unpaired) electrons. The molecule has 0 spiro atoms. The summed E-state index contributed by atoms with van der Waals surface area (Å²) in [5.41, 5.74) is 6.28. The van der Waals surface area contributed by atoms with E-state index in [1.807, 2.05) is 66.7 Å². The largest absolute Gasteiger partial charge is 0.478 e. The molecular formula is C24H19NO4S. The zero-order chi connectivity index (χ0) is 21.3. The van der Waals surface area contributed by atoms with Gasteiger partial charge in [0.15, 0.2) is 5.44 Å². The first-order valence-corrected chi connectivity index (χ1v) is 10.2. The van der Waals surface area contributed by atoms with Crippen LogP contribution in [0.5, 0.6) is 0 Å². The second-order valence-electron chi connectivity index (χ2n) is 6.80. The Balaban J connectivity index is 2.04. The molecule has 0 saturated heterocycles. The summed E-state index contributed by atoms with van der Waals surface area (Å²) in [5.74, 6) is -0.999. The van der Waals surface area contributed by atoms with Crippen molar-refractivity contribution >= 4 is 45.4 Å². The van der Waals surface area contributed by atoms with E-state index in [9.17, 15) is 14.7 Å². The zero-order valence-electron chi connectivity index (χ0n) is 16.2. The van der Waals surface area contributed by atoms with E-state index in [1.165, 1.54) is 11.8 Å². The summed E-state index contributed by atoms with van der Waals surface area (Å²) in [4.78, 5) is 24.2. The van der Waals surface area contributed by atoms with Crippen LogP contribution in [0, 0.1) is 0 Å². The van der Waals surface area contributed by atoms with Crippen LogP contribution in [-0.4, -0.2) is 22.6 Å². The number of thioether (sulfide) groups is 1. The van der Waals surface area contributed by atoms with E-state index in [0.717, 1.165) is 32.0 Å². The minimum absolute atomic E-state index is 0.217. The number of rotatable bonds is 5. The van der Waals surface area contributed by atoms with Gasteiger partial charge in [-0.05, 0) is 40.1 Å². The molecule has 0 aromatic heterocycles. The molecule has 1 amide bonds. The van der Waals surface area contributed by atoms with Crippen LogP contribution in [0.4, 0.5) is 4.79 Å². The van der Waals surface area contributed by atoms with Gasteiger partial charge >= 0.3 is 12.1 Å². The van der Waals surface area contributed by atoms with Crippen LogP contribution < -0.4 is 5.73 Å². The summed E-state index contributed by atoms with van der Waals surface area (Å²) < 4.78 is 5.14. The average molecular weight is 417 g/mol. The van der Waals surface area contributed by atoms with Gasteiger partial charge < -0.3 is 15.6 Å². The van der Waals surface area contributed by atoms with Crippen molar-refractivity contribution in [1.82, 2.24) is 0 Å². The van der Waals surface area contributed by atoms with Crippen LogP contribution >= 0.6 is 11.8 Å². The predicted molar refractivity (Wildman–Crippen MR) is 120 cm³/mol. The first-order valence-electron chi connectivity index (χ1n) is 9.35. The molecular weight excluding hydrogens is 398 g/mol. The first-order chi connectivity index (χ1) is 14.5.